The summed E-state index contributed by atoms with van der Waals surface area (Å²) in [5, 5.41) is 5.83. The van der Waals surface area contributed by atoms with Crippen LogP contribution in [0.2, 0.25) is 0 Å². The fraction of sp³-hybridized carbons (Fsp3) is 0.900. The van der Waals surface area contributed by atoms with Crippen molar-refractivity contribution in [1.82, 2.24) is 10.6 Å². The van der Waals surface area contributed by atoms with E-state index >= 15 is 0 Å². The van der Waals surface area contributed by atoms with Crippen molar-refractivity contribution in [3.8, 4) is 0 Å². The molecule has 1 heterocycles. The Morgan fingerprint density at radius 1 is 1.64 bits per heavy atom. The van der Waals surface area contributed by atoms with Gasteiger partial charge in [0.1, 0.15) is 0 Å². The van der Waals surface area contributed by atoms with E-state index in [0.29, 0.717) is 12.0 Å². The normalized spacial score (nSPS) is 28.8. The molecule has 0 aliphatic carbocycles. The molecule has 4 heteroatoms. The summed E-state index contributed by atoms with van der Waals surface area (Å²) in [4.78, 5) is 11.2. The van der Waals surface area contributed by atoms with E-state index < -0.39 is 0 Å². The average molecular weight is 200 g/mol. The van der Waals surface area contributed by atoms with Gasteiger partial charge in [0.25, 0.3) is 0 Å². The molecule has 1 aliphatic rings. The second-order valence-electron chi connectivity index (χ2n) is 3.87. The molecule has 14 heavy (non-hydrogen) atoms. The predicted molar refractivity (Wildman–Crippen MR) is 55.1 cm³/mol. The molecule has 1 rings (SSSR count). The fourth-order valence-corrected chi connectivity index (χ4v) is 1.68. The first kappa shape index (κ1) is 11.5. The van der Waals surface area contributed by atoms with Crippen LogP contribution in [0.5, 0.6) is 0 Å². The highest BCUT2D eigenvalue weighted by Crippen LogP contribution is 2.19. The van der Waals surface area contributed by atoms with Crippen molar-refractivity contribution in [3.63, 3.8) is 0 Å². The number of nitrogens with one attached hydrogen (secondary N) is 2. The molecule has 4 nitrogen and oxygen atoms in total. The summed E-state index contributed by atoms with van der Waals surface area (Å²) < 4.78 is 5.44. The zero-order chi connectivity index (χ0) is 10.6. The minimum atomic E-state index is -0.118. The van der Waals surface area contributed by atoms with Gasteiger partial charge in [-0.25, -0.2) is 0 Å². The first-order valence-electron chi connectivity index (χ1n) is 5.21. The predicted octanol–water partition coefficient (Wildman–Crippen LogP) is 0.135. The smallest absolute Gasteiger partial charge is 0.236 e. The molecule has 1 amide bonds. The van der Waals surface area contributed by atoms with Crippen molar-refractivity contribution < 1.29 is 9.53 Å². The van der Waals surface area contributed by atoms with Gasteiger partial charge >= 0.3 is 0 Å². The van der Waals surface area contributed by atoms with Gasteiger partial charge in [-0.2, -0.15) is 0 Å². The maximum atomic E-state index is 11.2. The van der Waals surface area contributed by atoms with Gasteiger partial charge in [0.2, 0.25) is 5.91 Å². The quantitative estimate of drug-likeness (QED) is 0.678. The van der Waals surface area contributed by atoms with Gasteiger partial charge in [-0.15, -0.1) is 0 Å². The van der Waals surface area contributed by atoms with Gasteiger partial charge < -0.3 is 15.4 Å². The molecule has 0 spiro atoms. The summed E-state index contributed by atoms with van der Waals surface area (Å²) in [5.74, 6) is 0.582. The summed E-state index contributed by atoms with van der Waals surface area (Å²) >= 11 is 0. The number of likely N-dealkylation sites (N-methyl/N-ethyl adjacent to an activating group) is 1. The van der Waals surface area contributed by atoms with Crippen LogP contribution in [0.25, 0.3) is 0 Å². The van der Waals surface area contributed by atoms with Gasteiger partial charge in [-0.05, 0) is 26.2 Å². The molecule has 3 atom stereocenters. The molecule has 0 saturated carbocycles. The van der Waals surface area contributed by atoms with Crippen LogP contribution in [0.1, 0.15) is 20.3 Å². The minimum absolute atomic E-state index is 0.0385. The lowest BCUT2D eigenvalue weighted by atomic mass is 10.0. The molecular formula is C10H20N2O2. The summed E-state index contributed by atoms with van der Waals surface area (Å²) in [6.45, 7) is 5.67. The van der Waals surface area contributed by atoms with Crippen LogP contribution in [0.3, 0.4) is 0 Å². The monoisotopic (exact) mass is 200 g/mol. The third kappa shape index (κ3) is 2.96. The molecule has 1 saturated heterocycles. The van der Waals surface area contributed by atoms with Crippen molar-refractivity contribution in [2.24, 2.45) is 5.92 Å². The van der Waals surface area contributed by atoms with E-state index in [2.05, 4.69) is 17.6 Å². The van der Waals surface area contributed by atoms with E-state index in [9.17, 15) is 4.79 Å². The number of carbonyl (C=O) groups is 1. The van der Waals surface area contributed by atoms with Crippen LogP contribution in [-0.4, -0.2) is 38.3 Å². The van der Waals surface area contributed by atoms with Gasteiger partial charge in [-0.1, -0.05) is 0 Å². The van der Waals surface area contributed by atoms with Gasteiger partial charge in [0, 0.05) is 20.2 Å². The summed E-state index contributed by atoms with van der Waals surface area (Å²) in [6.07, 6.45) is 1.41. The van der Waals surface area contributed by atoms with Crippen molar-refractivity contribution in [2.75, 3.05) is 20.2 Å². The van der Waals surface area contributed by atoms with Crippen LogP contribution in [0.15, 0.2) is 0 Å². The first-order valence-corrected chi connectivity index (χ1v) is 5.21. The lowest BCUT2D eigenvalue weighted by Crippen LogP contribution is -2.43. The zero-order valence-corrected chi connectivity index (χ0v) is 9.17. The number of amides is 1. The third-order valence-electron chi connectivity index (χ3n) is 2.86. The van der Waals surface area contributed by atoms with Crippen LogP contribution in [0, 0.1) is 5.92 Å². The molecule has 1 aliphatic heterocycles. The van der Waals surface area contributed by atoms with E-state index in [1.165, 1.54) is 0 Å². The van der Waals surface area contributed by atoms with E-state index in [1.54, 1.807) is 7.05 Å². The summed E-state index contributed by atoms with van der Waals surface area (Å²) in [6, 6.07) is -0.118. The molecule has 0 aromatic carbocycles. The molecule has 2 N–H and O–H groups in total. The Kier molecular flexibility index (Phi) is 4.35. The Bertz CT molecular complexity index is 197. The Balaban J connectivity index is 2.22. The average Bonchev–Trinajstić information content (AvgIpc) is 2.59. The fourth-order valence-electron chi connectivity index (χ4n) is 1.68. The number of carbonyl (C=O) groups excluding carboxylic acids is 1. The van der Waals surface area contributed by atoms with E-state index in [4.69, 9.17) is 4.74 Å². The Hall–Kier alpha value is -0.610. The molecule has 3 unspecified atom stereocenters. The lowest BCUT2D eigenvalue weighted by molar-refractivity contribution is -0.122. The highest BCUT2D eigenvalue weighted by molar-refractivity contribution is 5.80. The van der Waals surface area contributed by atoms with Crippen molar-refractivity contribution in [2.45, 2.75) is 32.4 Å². The maximum absolute atomic E-state index is 11.2. The molecular weight excluding hydrogens is 180 g/mol. The Morgan fingerprint density at radius 2 is 2.36 bits per heavy atom. The highest BCUT2D eigenvalue weighted by atomic mass is 16.5. The molecule has 0 bridgehead atoms. The third-order valence-corrected chi connectivity index (χ3v) is 2.86. The SMILES string of the molecule is CNC(=O)C(C)NCC1CCOC1C. The number of hydrogen-bond acceptors (Lipinski definition) is 3. The Labute approximate surface area is 85.4 Å². The van der Waals surface area contributed by atoms with Crippen LogP contribution in [0.4, 0.5) is 0 Å². The summed E-state index contributed by atoms with van der Waals surface area (Å²) in [7, 11) is 1.65. The largest absolute Gasteiger partial charge is 0.378 e. The van der Waals surface area contributed by atoms with Gasteiger partial charge in [-0.3, -0.25) is 4.79 Å². The van der Waals surface area contributed by atoms with Gasteiger partial charge in [0.15, 0.2) is 0 Å². The van der Waals surface area contributed by atoms with Crippen LogP contribution >= 0.6 is 0 Å². The van der Waals surface area contributed by atoms with Crippen molar-refractivity contribution in [3.05, 3.63) is 0 Å². The van der Waals surface area contributed by atoms with Crippen LogP contribution in [-0.2, 0) is 9.53 Å². The highest BCUT2D eigenvalue weighted by Gasteiger charge is 2.24. The lowest BCUT2D eigenvalue weighted by Gasteiger charge is -2.18. The molecule has 1 fully saturated rings. The van der Waals surface area contributed by atoms with E-state index in [1.807, 2.05) is 6.92 Å². The van der Waals surface area contributed by atoms with Crippen molar-refractivity contribution >= 4 is 5.91 Å². The van der Waals surface area contributed by atoms with Gasteiger partial charge in [0.05, 0.1) is 12.1 Å². The maximum Gasteiger partial charge on any atom is 0.236 e. The standard InChI is InChI=1S/C10H20N2O2/c1-7(10(13)11-3)12-6-9-4-5-14-8(9)2/h7-9,12H,4-6H2,1-3H3,(H,11,13). The molecule has 0 radical (unpaired) electrons. The Morgan fingerprint density at radius 3 is 2.86 bits per heavy atom. The summed E-state index contributed by atoms with van der Waals surface area (Å²) in [5.41, 5.74) is 0. The van der Waals surface area contributed by atoms with E-state index in [0.717, 1.165) is 19.6 Å². The topological polar surface area (TPSA) is 50.4 Å². The van der Waals surface area contributed by atoms with Crippen LogP contribution < -0.4 is 10.6 Å². The minimum Gasteiger partial charge on any atom is -0.378 e. The number of hydrogen-bond donors (Lipinski definition) is 2. The zero-order valence-electron chi connectivity index (χ0n) is 9.17. The molecule has 0 aromatic rings. The molecule has 82 valence electrons. The second-order valence-corrected chi connectivity index (χ2v) is 3.87. The number of rotatable bonds is 4. The number of ether oxygens (including phenoxy) is 1. The second kappa shape index (κ2) is 5.32. The first-order chi connectivity index (χ1) is 6.65. The van der Waals surface area contributed by atoms with Crippen molar-refractivity contribution in [1.29, 1.82) is 0 Å². The van der Waals surface area contributed by atoms with E-state index in [-0.39, 0.29) is 11.9 Å². The molecule has 0 aromatic heterocycles.